The van der Waals surface area contributed by atoms with Crippen LogP contribution < -0.4 is 5.32 Å². The summed E-state index contributed by atoms with van der Waals surface area (Å²) in [5, 5.41) is 10.6. The number of benzene rings is 1. The lowest BCUT2D eigenvalue weighted by Crippen LogP contribution is -2.30. The van der Waals surface area contributed by atoms with E-state index in [2.05, 4.69) is 20.4 Å². The van der Waals surface area contributed by atoms with E-state index in [-0.39, 0.29) is 11.9 Å². The smallest absolute Gasteiger partial charge is 0.221 e. The number of fused-ring (bicyclic) bond motifs is 1. The summed E-state index contributed by atoms with van der Waals surface area (Å²) >= 11 is 0. The highest BCUT2D eigenvalue weighted by atomic mass is 16.1. The Morgan fingerprint density at radius 3 is 2.92 bits per heavy atom. The summed E-state index contributed by atoms with van der Waals surface area (Å²) in [6.45, 7) is 3.55. The molecule has 1 heterocycles. The third-order valence-electron chi connectivity index (χ3n) is 4.71. The number of H-pyrrole nitrogens is 1. The second-order valence-electron chi connectivity index (χ2n) is 6.67. The summed E-state index contributed by atoms with van der Waals surface area (Å²) < 4.78 is 0. The molecular weight excluding hydrogens is 300 g/mol. The number of aryl methyl sites for hydroxylation is 1. The van der Waals surface area contributed by atoms with Crippen molar-refractivity contribution in [3.05, 3.63) is 52.8 Å². The predicted molar refractivity (Wildman–Crippen MR) is 94.6 cm³/mol. The molecule has 1 aromatic heterocycles. The van der Waals surface area contributed by atoms with Crippen molar-refractivity contribution in [1.82, 2.24) is 20.4 Å². The predicted octanol–water partition coefficient (Wildman–Crippen LogP) is 2.60. The van der Waals surface area contributed by atoms with Crippen LogP contribution in [0, 0.1) is 0 Å². The van der Waals surface area contributed by atoms with E-state index in [9.17, 15) is 4.79 Å². The van der Waals surface area contributed by atoms with E-state index < -0.39 is 0 Å². The van der Waals surface area contributed by atoms with Crippen LogP contribution in [0.4, 0.5) is 0 Å². The average molecular weight is 326 g/mol. The molecule has 24 heavy (non-hydrogen) atoms. The van der Waals surface area contributed by atoms with Gasteiger partial charge in [-0.05, 0) is 44.4 Å². The number of nitrogens with one attached hydrogen (secondary N) is 2. The lowest BCUT2D eigenvalue weighted by atomic mass is 10.1. The van der Waals surface area contributed by atoms with Gasteiger partial charge in [0.1, 0.15) is 0 Å². The summed E-state index contributed by atoms with van der Waals surface area (Å²) in [6, 6.07) is 10.1. The molecule has 1 aromatic carbocycles. The summed E-state index contributed by atoms with van der Waals surface area (Å²) in [6.07, 6.45) is 3.97. The normalized spacial score (nSPS) is 14.6. The molecule has 1 aliphatic carbocycles. The molecule has 0 spiro atoms. The molecule has 1 amide bonds. The molecule has 0 saturated heterocycles. The number of aromatic amines is 1. The molecule has 0 aliphatic heterocycles. The lowest BCUT2D eigenvalue weighted by molar-refractivity contribution is -0.122. The van der Waals surface area contributed by atoms with Crippen molar-refractivity contribution in [2.75, 3.05) is 13.6 Å². The van der Waals surface area contributed by atoms with Gasteiger partial charge in [0.15, 0.2) is 0 Å². The molecule has 0 unspecified atom stereocenters. The van der Waals surface area contributed by atoms with Crippen molar-refractivity contribution in [2.24, 2.45) is 0 Å². The Bertz CT molecular complexity index is 680. The zero-order chi connectivity index (χ0) is 16.9. The first kappa shape index (κ1) is 16.7. The van der Waals surface area contributed by atoms with Gasteiger partial charge >= 0.3 is 0 Å². The Kier molecular flexibility index (Phi) is 5.30. The van der Waals surface area contributed by atoms with Gasteiger partial charge in [-0.25, -0.2) is 0 Å². The Morgan fingerprint density at radius 1 is 1.33 bits per heavy atom. The molecule has 2 N–H and O–H groups in total. The van der Waals surface area contributed by atoms with Gasteiger partial charge in [-0.1, -0.05) is 30.3 Å². The zero-order valence-corrected chi connectivity index (χ0v) is 14.5. The summed E-state index contributed by atoms with van der Waals surface area (Å²) in [5.41, 5.74) is 4.96. The van der Waals surface area contributed by atoms with Crippen molar-refractivity contribution < 1.29 is 4.79 Å². The Labute approximate surface area is 143 Å². The minimum absolute atomic E-state index is 0.0404. The van der Waals surface area contributed by atoms with E-state index in [0.717, 1.165) is 37.2 Å². The Hall–Kier alpha value is -2.14. The van der Waals surface area contributed by atoms with E-state index in [1.165, 1.54) is 17.7 Å². The van der Waals surface area contributed by atoms with Crippen LogP contribution >= 0.6 is 0 Å². The number of amides is 1. The van der Waals surface area contributed by atoms with Crippen LogP contribution in [0.3, 0.4) is 0 Å². The van der Waals surface area contributed by atoms with E-state index in [1.54, 1.807) is 0 Å². The maximum absolute atomic E-state index is 12.2. The van der Waals surface area contributed by atoms with Crippen molar-refractivity contribution in [3.8, 4) is 0 Å². The first-order valence-electron chi connectivity index (χ1n) is 8.71. The van der Waals surface area contributed by atoms with Gasteiger partial charge in [-0.2, -0.15) is 5.10 Å². The topological polar surface area (TPSA) is 61.0 Å². The van der Waals surface area contributed by atoms with Crippen LogP contribution in [-0.2, 0) is 24.2 Å². The standard InChI is InChI=1S/C19H26N4O/c1-14(15-7-4-3-5-8-15)20-19(24)11-12-23(2)13-18-16-9-6-10-17(16)21-22-18/h3-5,7-8,14H,6,9-13H2,1-2H3,(H,20,24)(H,21,22)/t14-/m0/s1. The van der Waals surface area contributed by atoms with Gasteiger partial charge in [-0.3, -0.25) is 14.8 Å². The quantitative estimate of drug-likeness (QED) is 0.822. The van der Waals surface area contributed by atoms with E-state index in [0.29, 0.717) is 6.42 Å². The first-order valence-corrected chi connectivity index (χ1v) is 8.71. The van der Waals surface area contributed by atoms with Crippen LogP contribution in [0.25, 0.3) is 0 Å². The average Bonchev–Trinajstić information content (AvgIpc) is 3.19. The van der Waals surface area contributed by atoms with Gasteiger partial charge < -0.3 is 5.32 Å². The fourth-order valence-electron chi connectivity index (χ4n) is 3.28. The van der Waals surface area contributed by atoms with Crippen LogP contribution in [0.5, 0.6) is 0 Å². The number of aromatic nitrogens is 2. The number of nitrogens with zero attached hydrogens (tertiary/aromatic N) is 2. The minimum atomic E-state index is 0.0404. The largest absolute Gasteiger partial charge is 0.350 e. The Morgan fingerprint density at radius 2 is 2.12 bits per heavy atom. The monoisotopic (exact) mass is 326 g/mol. The number of rotatable bonds is 7. The van der Waals surface area contributed by atoms with E-state index in [4.69, 9.17) is 0 Å². The van der Waals surface area contributed by atoms with Gasteiger partial charge in [0.2, 0.25) is 5.91 Å². The summed E-state index contributed by atoms with van der Waals surface area (Å²) in [7, 11) is 2.05. The van der Waals surface area contributed by atoms with Crippen LogP contribution in [0.15, 0.2) is 30.3 Å². The fourth-order valence-corrected chi connectivity index (χ4v) is 3.28. The number of carbonyl (C=O) groups is 1. The fraction of sp³-hybridized carbons (Fsp3) is 0.474. The van der Waals surface area contributed by atoms with Gasteiger partial charge in [0.05, 0.1) is 11.7 Å². The first-order chi connectivity index (χ1) is 11.6. The molecule has 5 nitrogen and oxygen atoms in total. The molecule has 1 aliphatic rings. The van der Waals surface area contributed by atoms with Crippen LogP contribution in [-0.4, -0.2) is 34.6 Å². The van der Waals surface area contributed by atoms with Crippen LogP contribution in [0.2, 0.25) is 0 Å². The second kappa shape index (κ2) is 7.62. The maximum atomic E-state index is 12.2. The molecule has 0 saturated carbocycles. The van der Waals surface area contributed by atoms with Crippen molar-refractivity contribution >= 4 is 5.91 Å². The molecular formula is C19H26N4O. The summed E-state index contributed by atoms with van der Waals surface area (Å²) in [5.74, 6) is 0.0884. The van der Waals surface area contributed by atoms with Crippen LogP contribution in [0.1, 0.15) is 48.3 Å². The van der Waals surface area contributed by atoms with Gasteiger partial charge in [-0.15, -0.1) is 0 Å². The molecule has 128 valence electrons. The van der Waals surface area contributed by atoms with Gasteiger partial charge in [0, 0.05) is 25.2 Å². The maximum Gasteiger partial charge on any atom is 0.221 e. The zero-order valence-electron chi connectivity index (χ0n) is 14.5. The molecule has 5 heteroatoms. The minimum Gasteiger partial charge on any atom is -0.350 e. The third-order valence-corrected chi connectivity index (χ3v) is 4.71. The highest BCUT2D eigenvalue weighted by molar-refractivity contribution is 5.76. The molecule has 0 bridgehead atoms. The van der Waals surface area contributed by atoms with Gasteiger partial charge in [0.25, 0.3) is 0 Å². The molecule has 0 radical (unpaired) electrons. The molecule has 3 rings (SSSR count). The second-order valence-corrected chi connectivity index (χ2v) is 6.67. The SMILES string of the molecule is C[C@H](NC(=O)CCN(C)Cc1n[nH]c2c1CCC2)c1ccccc1. The number of carbonyl (C=O) groups excluding carboxylic acids is 1. The molecule has 1 atom stereocenters. The van der Waals surface area contributed by atoms with Crippen molar-refractivity contribution in [3.63, 3.8) is 0 Å². The molecule has 0 fully saturated rings. The highest BCUT2D eigenvalue weighted by Gasteiger charge is 2.19. The summed E-state index contributed by atoms with van der Waals surface area (Å²) in [4.78, 5) is 14.3. The van der Waals surface area contributed by atoms with Crippen molar-refractivity contribution in [2.45, 2.75) is 45.2 Å². The Balaban J connectivity index is 1.44. The molecule has 2 aromatic rings. The lowest BCUT2D eigenvalue weighted by Gasteiger charge is -2.18. The number of hydrogen-bond donors (Lipinski definition) is 2. The highest BCUT2D eigenvalue weighted by Crippen LogP contribution is 2.23. The third kappa shape index (κ3) is 4.03. The van der Waals surface area contributed by atoms with E-state index in [1.807, 2.05) is 44.3 Å². The van der Waals surface area contributed by atoms with E-state index >= 15 is 0 Å². The number of hydrogen-bond acceptors (Lipinski definition) is 3. The van der Waals surface area contributed by atoms with Crippen molar-refractivity contribution in [1.29, 1.82) is 0 Å².